The molecule has 1 aromatic heterocycles. The monoisotopic (exact) mass is 407 g/mol. The lowest BCUT2D eigenvalue weighted by Gasteiger charge is -2.38. The predicted molar refractivity (Wildman–Crippen MR) is 117 cm³/mol. The summed E-state index contributed by atoms with van der Waals surface area (Å²) in [5.74, 6) is 0. The molecule has 2 heterocycles. The van der Waals surface area contributed by atoms with Crippen molar-refractivity contribution >= 4 is 11.4 Å². The maximum atomic E-state index is 12.2. The predicted octanol–water partition coefficient (Wildman–Crippen LogP) is 2.20. The van der Waals surface area contributed by atoms with Gasteiger partial charge in [-0.1, -0.05) is 18.2 Å². The Morgan fingerprint density at radius 3 is 2.63 bits per heavy atom. The maximum absolute atomic E-state index is 12.2. The largest absolute Gasteiger partial charge is 0.382 e. The fourth-order valence-electron chi connectivity index (χ4n) is 3.89. The molecule has 1 aliphatic heterocycles. The first-order valence-electron chi connectivity index (χ1n) is 10.0. The van der Waals surface area contributed by atoms with E-state index in [9.17, 15) is 9.59 Å². The van der Waals surface area contributed by atoms with Gasteiger partial charge in [-0.2, -0.15) is 0 Å². The molecular weight excluding hydrogens is 382 g/mol. The Bertz CT molecular complexity index is 1060. The van der Waals surface area contributed by atoms with Gasteiger partial charge in [0.1, 0.15) is 0 Å². The van der Waals surface area contributed by atoms with Gasteiger partial charge in [0.25, 0.3) is 0 Å². The van der Waals surface area contributed by atoms with Crippen LogP contribution < -0.4 is 21.1 Å². The van der Waals surface area contributed by atoms with Gasteiger partial charge in [0.15, 0.2) is 0 Å². The molecule has 0 saturated carbocycles. The highest BCUT2D eigenvalue weighted by Gasteiger charge is 2.26. The lowest BCUT2D eigenvalue weighted by atomic mass is 9.98. The van der Waals surface area contributed by atoms with Crippen LogP contribution in [0.15, 0.2) is 58.3 Å². The van der Waals surface area contributed by atoms with Crippen molar-refractivity contribution in [3.63, 3.8) is 0 Å². The fourth-order valence-corrected chi connectivity index (χ4v) is 3.89. The molecule has 1 saturated heterocycles. The average Bonchev–Trinajstić information content (AvgIpc) is 2.76. The second kappa shape index (κ2) is 8.77. The minimum atomic E-state index is -0.477. The zero-order valence-electron chi connectivity index (χ0n) is 17.1. The van der Waals surface area contributed by atoms with E-state index in [-0.39, 0.29) is 12.2 Å². The van der Waals surface area contributed by atoms with Crippen LogP contribution in [0.3, 0.4) is 0 Å². The molecule has 0 bridgehead atoms. The highest BCUT2D eigenvalue weighted by atomic mass is 16.5. The quantitative estimate of drug-likeness (QED) is 0.602. The van der Waals surface area contributed by atoms with E-state index >= 15 is 0 Å². The third kappa shape index (κ3) is 4.13. The smallest absolute Gasteiger partial charge is 0.250 e. The van der Waals surface area contributed by atoms with Crippen molar-refractivity contribution in [3.05, 3.63) is 74.8 Å². The molecule has 7 nitrogen and oxygen atoms in total. The minimum Gasteiger partial charge on any atom is -0.382 e. The Morgan fingerprint density at radius 1 is 1.13 bits per heavy atom. The van der Waals surface area contributed by atoms with Crippen LogP contribution in [-0.2, 0) is 16.0 Å². The number of morpholine rings is 1. The Labute approximate surface area is 175 Å². The van der Waals surface area contributed by atoms with Crippen molar-refractivity contribution in [3.8, 4) is 11.1 Å². The Kier molecular flexibility index (Phi) is 5.92. The summed E-state index contributed by atoms with van der Waals surface area (Å²) in [6, 6.07) is 13.3. The van der Waals surface area contributed by atoms with Crippen molar-refractivity contribution in [2.45, 2.75) is 25.7 Å². The number of nitrogens with one attached hydrogen (secondary N) is 1. The Morgan fingerprint density at radius 2 is 1.93 bits per heavy atom. The molecule has 1 aliphatic rings. The topological polar surface area (TPSA) is 80.8 Å². The summed E-state index contributed by atoms with van der Waals surface area (Å²) >= 11 is 0. The zero-order chi connectivity index (χ0) is 21.1. The molecular formula is C23H25N3O4. The average molecular weight is 407 g/mol. The lowest BCUT2D eigenvalue weighted by Crippen LogP contribution is -2.48. The molecule has 2 atom stereocenters. The standard InChI is InChI=1S/C23H25N3O4/c1-15-12-26(13-19(30-15)14-29-2)18-8-6-16(7-9-18)20-21(23(28)22(20)27)25-11-17-5-3-4-10-24-17/h3-10,15,19,25H,11-14H2,1-2H3. The third-order valence-electron chi connectivity index (χ3n) is 5.28. The van der Waals surface area contributed by atoms with Crippen LogP contribution in [0.25, 0.3) is 11.1 Å². The molecule has 30 heavy (non-hydrogen) atoms. The van der Waals surface area contributed by atoms with Crippen molar-refractivity contribution in [1.82, 2.24) is 4.98 Å². The van der Waals surface area contributed by atoms with Crippen LogP contribution in [0.5, 0.6) is 0 Å². The number of hydrogen-bond acceptors (Lipinski definition) is 7. The SMILES string of the molecule is COCC1CN(c2ccc(-c3c(NCc4ccccn4)c(=O)c3=O)cc2)CC(C)O1. The number of pyridine rings is 1. The molecule has 0 amide bonds. The van der Waals surface area contributed by atoms with E-state index in [2.05, 4.69) is 15.2 Å². The van der Waals surface area contributed by atoms with Crippen LogP contribution >= 0.6 is 0 Å². The molecule has 3 aromatic rings. The van der Waals surface area contributed by atoms with Crippen LogP contribution in [-0.4, -0.2) is 44.0 Å². The summed E-state index contributed by atoms with van der Waals surface area (Å²) in [7, 11) is 1.67. The highest BCUT2D eigenvalue weighted by molar-refractivity contribution is 5.82. The van der Waals surface area contributed by atoms with Crippen LogP contribution in [0, 0.1) is 0 Å². The Hall–Kier alpha value is -3.03. The van der Waals surface area contributed by atoms with Crippen LogP contribution in [0.4, 0.5) is 11.4 Å². The van der Waals surface area contributed by atoms with Gasteiger partial charge in [-0.3, -0.25) is 14.6 Å². The van der Waals surface area contributed by atoms with Gasteiger partial charge < -0.3 is 19.7 Å². The number of methoxy groups -OCH3 is 1. The van der Waals surface area contributed by atoms with Crippen LogP contribution in [0.1, 0.15) is 12.6 Å². The third-order valence-corrected chi connectivity index (χ3v) is 5.28. The molecule has 1 fully saturated rings. The second-order valence-corrected chi connectivity index (χ2v) is 7.56. The van der Waals surface area contributed by atoms with Crippen molar-refractivity contribution in [2.75, 3.05) is 37.0 Å². The number of rotatable bonds is 7. The number of ether oxygens (including phenoxy) is 2. The molecule has 1 N–H and O–H groups in total. The van der Waals surface area contributed by atoms with E-state index in [1.165, 1.54) is 0 Å². The normalized spacial score (nSPS) is 19.2. The van der Waals surface area contributed by atoms with Gasteiger partial charge in [-0.05, 0) is 36.8 Å². The molecule has 0 radical (unpaired) electrons. The van der Waals surface area contributed by atoms with Crippen molar-refractivity contribution in [2.24, 2.45) is 0 Å². The van der Waals surface area contributed by atoms with E-state index in [1.807, 2.05) is 49.4 Å². The van der Waals surface area contributed by atoms with Gasteiger partial charge in [0, 0.05) is 32.1 Å². The summed E-state index contributed by atoms with van der Waals surface area (Å²) in [6.07, 6.45) is 1.83. The first-order valence-corrected chi connectivity index (χ1v) is 10.0. The zero-order valence-corrected chi connectivity index (χ0v) is 17.1. The molecule has 0 aliphatic carbocycles. The second-order valence-electron chi connectivity index (χ2n) is 7.56. The van der Waals surface area contributed by atoms with Gasteiger partial charge in [-0.15, -0.1) is 0 Å². The van der Waals surface area contributed by atoms with Crippen molar-refractivity contribution < 1.29 is 9.47 Å². The number of nitrogens with zero attached hydrogens (tertiary/aromatic N) is 2. The van der Waals surface area contributed by atoms with E-state index < -0.39 is 10.9 Å². The van der Waals surface area contributed by atoms with E-state index in [0.717, 1.165) is 30.0 Å². The van der Waals surface area contributed by atoms with Gasteiger partial charge in [0.05, 0.1) is 42.3 Å². The summed E-state index contributed by atoms with van der Waals surface area (Å²) < 4.78 is 11.1. The molecule has 7 heteroatoms. The van der Waals surface area contributed by atoms with E-state index in [0.29, 0.717) is 24.4 Å². The number of anilines is 2. The first kappa shape index (κ1) is 20.3. The van der Waals surface area contributed by atoms with Crippen LogP contribution in [0.2, 0.25) is 0 Å². The first-order chi connectivity index (χ1) is 14.6. The van der Waals surface area contributed by atoms with Crippen molar-refractivity contribution in [1.29, 1.82) is 0 Å². The summed E-state index contributed by atoms with van der Waals surface area (Å²) in [4.78, 5) is 30.8. The van der Waals surface area contributed by atoms with E-state index in [1.54, 1.807) is 13.3 Å². The molecule has 2 aromatic carbocycles. The lowest BCUT2D eigenvalue weighted by molar-refractivity contribution is -0.0510. The number of hydrogen-bond donors (Lipinski definition) is 1. The minimum absolute atomic E-state index is 0.0226. The van der Waals surface area contributed by atoms with Gasteiger partial charge in [-0.25, -0.2) is 0 Å². The Balaban J connectivity index is 1.50. The van der Waals surface area contributed by atoms with E-state index in [4.69, 9.17) is 9.47 Å². The summed E-state index contributed by atoms with van der Waals surface area (Å²) in [5.41, 5.74) is 2.46. The summed E-state index contributed by atoms with van der Waals surface area (Å²) in [5, 5.41) is 3.07. The molecule has 156 valence electrons. The highest BCUT2D eigenvalue weighted by Crippen LogP contribution is 2.28. The molecule has 2 unspecified atom stereocenters. The fraction of sp³-hybridized carbons (Fsp3) is 0.348. The summed E-state index contributed by atoms with van der Waals surface area (Å²) in [6.45, 7) is 4.52. The molecule has 0 spiro atoms. The molecule has 4 rings (SSSR count). The number of aromatic nitrogens is 1. The van der Waals surface area contributed by atoms with Gasteiger partial charge >= 0.3 is 0 Å². The maximum Gasteiger partial charge on any atom is 0.250 e. The van der Waals surface area contributed by atoms with Gasteiger partial charge in [0.2, 0.25) is 10.9 Å². The number of benzene rings is 1.